The van der Waals surface area contributed by atoms with Gasteiger partial charge in [0.05, 0.1) is 30.1 Å². The number of benzene rings is 2. The number of aliphatic hydroxyl groups excluding tert-OH is 1. The number of piperidine rings is 1. The van der Waals surface area contributed by atoms with Crippen LogP contribution in [0.2, 0.25) is 0 Å². The number of hydrogen-bond donors (Lipinski definition) is 5. The summed E-state index contributed by atoms with van der Waals surface area (Å²) in [7, 11) is 0. The van der Waals surface area contributed by atoms with E-state index in [4.69, 9.17) is 5.73 Å². The van der Waals surface area contributed by atoms with Crippen molar-refractivity contribution in [2.24, 2.45) is 5.73 Å². The average Bonchev–Trinajstić information content (AvgIpc) is 3.11. The average molecular weight is 727 g/mol. The van der Waals surface area contributed by atoms with Gasteiger partial charge in [0.2, 0.25) is 17.7 Å². The summed E-state index contributed by atoms with van der Waals surface area (Å²) in [6.07, 6.45) is 3.24. The van der Waals surface area contributed by atoms with Gasteiger partial charge in [0.1, 0.15) is 11.7 Å². The van der Waals surface area contributed by atoms with Crippen molar-refractivity contribution in [2.45, 2.75) is 86.6 Å². The first-order valence-electron chi connectivity index (χ1n) is 17.3. The number of carbonyl (C=O) groups excluding carboxylic acids is 4. The summed E-state index contributed by atoms with van der Waals surface area (Å²) in [5.41, 5.74) is 6.56. The molecule has 5 atom stereocenters. The number of hydrogen-bond acceptors (Lipinski definition) is 10. The van der Waals surface area contributed by atoms with Gasteiger partial charge in [0, 0.05) is 41.7 Å². The highest BCUT2D eigenvalue weighted by Crippen LogP contribution is 2.31. The monoisotopic (exact) mass is 726 g/mol. The minimum Gasteiger partial charge on any atom is -0.390 e. The first-order valence-corrected chi connectivity index (χ1v) is 18.2. The molecule has 3 heterocycles. The third-order valence-electron chi connectivity index (χ3n) is 8.65. The van der Waals surface area contributed by atoms with Crippen LogP contribution in [0.1, 0.15) is 56.1 Å². The van der Waals surface area contributed by atoms with Crippen molar-refractivity contribution in [2.75, 3.05) is 13.1 Å². The lowest BCUT2D eigenvalue weighted by Crippen LogP contribution is -2.60. The van der Waals surface area contributed by atoms with E-state index in [1.54, 1.807) is 42.7 Å². The second-order valence-electron chi connectivity index (χ2n) is 14.0. The largest absolute Gasteiger partial charge is 0.390 e. The number of amides is 4. The molecule has 13 nitrogen and oxygen atoms in total. The second-order valence-corrected chi connectivity index (χ2v) is 15.3. The standard InChI is InChI=1S/C38H46N8O5S/c1-38(2,3)45-36(51)31-21-26(52-37-40-17-9-18-41-37)16-19-46(31)23-32(47)29(20-24-10-5-4-6-11-24)43-35(50)30(22-33(39)48)44-34(49)28-15-14-25-12-7-8-13-27(25)42-28/h4-15,17-18,26,29-32,47H,16,19-23H2,1-3H3,(H2,39,48)(H,43,50)(H,44,49)(H,45,51)/t26?,29?,30-,31?,32?/m0/s1. The van der Waals surface area contributed by atoms with Crippen molar-refractivity contribution in [3.63, 3.8) is 0 Å². The normalized spacial score (nSPS) is 18.2. The quantitative estimate of drug-likeness (QED) is 0.121. The Morgan fingerprint density at radius 2 is 1.67 bits per heavy atom. The number of para-hydroxylation sites is 1. The van der Waals surface area contributed by atoms with Crippen molar-refractivity contribution >= 4 is 46.3 Å². The number of aromatic nitrogens is 3. The molecule has 2 aromatic heterocycles. The molecule has 4 aromatic rings. The number of β-amino-alcohol motifs (C(OH)–C–C–N with tert-alkyl or cyclic N) is 1. The van der Waals surface area contributed by atoms with Gasteiger partial charge >= 0.3 is 0 Å². The molecule has 4 unspecified atom stereocenters. The zero-order chi connectivity index (χ0) is 37.3. The van der Waals surface area contributed by atoms with Crippen LogP contribution in [-0.4, -0.2) is 96.7 Å². The summed E-state index contributed by atoms with van der Waals surface area (Å²) in [6, 6.07) is 19.0. The lowest BCUT2D eigenvalue weighted by molar-refractivity contribution is -0.130. The van der Waals surface area contributed by atoms with E-state index >= 15 is 0 Å². The van der Waals surface area contributed by atoms with Gasteiger partial charge in [-0.2, -0.15) is 0 Å². The molecule has 0 aliphatic carbocycles. The molecular weight excluding hydrogens is 681 g/mol. The summed E-state index contributed by atoms with van der Waals surface area (Å²) < 4.78 is 0. The summed E-state index contributed by atoms with van der Waals surface area (Å²) in [6.45, 7) is 6.33. The minimum atomic E-state index is -1.33. The lowest BCUT2D eigenvalue weighted by atomic mass is 9.96. The van der Waals surface area contributed by atoms with E-state index in [1.807, 2.05) is 68.1 Å². The van der Waals surface area contributed by atoms with Crippen LogP contribution in [0.4, 0.5) is 0 Å². The number of nitrogens with two attached hydrogens (primary N) is 1. The lowest BCUT2D eigenvalue weighted by Gasteiger charge is -2.41. The maximum atomic E-state index is 13.8. The number of nitrogens with zero attached hydrogens (tertiary/aromatic N) is 4. The van der Waals surface area contributed by atoms with E-state index in [0.717, 1.165) is 17.4 Å². The van der Waals surface area contributed by atoms with Gasteiger partial charge in [-0.05, 0) is 63.8 Å². The maximum Gasteiger partial charge on any atom is 0.270 e. The van der Waals surface area contributed by atoms with Crippen LogP contribution in [0.15, 0.2) is 90.3 Å². The SMILES string of the molecule is CC(C)(C)NC(=O)C1CC(Sc2ncccn2)CCN1CC(O)C(Cc1ccccc1)NC(=O)[C@H](CC(N)=O)NC(=O)c1ccc2ccccc2n1. The zero-order valence-electron chi connectivity index (χ0n) is 29.6. The van der Waals surface area contributed by atoms with E-state index in [9.17, 15) is 24.3 Å². The third-order valence-corrected chi connectivity index (χ3v) is 9.83. The zero-order valence-corrected chi connectivity index (χ0v) is 30.4. The highest BCUT2D eigenvalue weighted by atomic mass is 32.2. The smallest absolute Gasteiger partial charge is 0.270 e. The van der Waals surface area contributed by atoms with Crippen LogP contribution in [0, 0.1) is 0 Å². The third kappa shape index (κ3) is 11.0. The number of carbonyl (C=O) groups is 4. The molecule has 52 heavy (non-hydrogen) atoms. The van der Waals surface area contributed by atoms with E-state index in [0.29, 0.717) is 23.6 Å². The number of nitrogens with one attached hydrogen (secondary N) is 3. The van der Waals surface area contributed by atoms with Crippen LogP contribution in [0.3, 0.4) is 0 Å². The summed E-state index contributed by atoms with van der Waals surface area (Å²) >= 11 is 1.53. The summed E-state index contributed by atoms with van der Waals surface area (Å²) in [4.78, 5) is 67.9. The fraction of sp³-hybridized carbons (Fsp3) is 0.395. The molecule has 0 radical (unpaired) electrons. The van der Waals surface area contributed by atoms with Gasteiger partial charge in [-0.3, -0.25) is 24.1 Å². The Labute approximate surface area is 307 Å². The van der Waals surface area contributed by atoms with Gasteiger partial charge in [-0.15, -0.1) is 0 Å². The molecule has 1 aliphatic rings. The number of thioether (sulfide) groups is 1. The van der Waals surface area contributed by atoms with Crippen LogP contribution in [0.25, 0.3) is 10.9 Å². The minimum absolute atomic E-state index is 0.0709. The van der Waals surface area contributed by atoms with Crippen molar-refractivity contribution in [1.82, 2.24) is 35.8 Å². The van der Waals surface area contributed by atoms with E-state index < -0.39 is 53.9 Å². The topological polar surface area (TPSA) is 193 Å². The molecule has 1 saturated heterocycles. The molecule has 5 rings (SSSR count). The molecule has 14 heteroatoms. The molecule has 1 fully saturated rings. The molecule has 0 spiro atoms. The molecule has 0 saturated carbocycles. The van der Waals surface area contributed by atoms with Gasteiger partial charge in [-0.1, -0.05) is 66.4 Å². The Hall–Kier alpha value is -4.92. The van der Waals surface area contributed by atoms with Gasteiger partial charge in [-0.25, -0.2) is 15.0 Å². The number of pyridine rings is 1. The highest BCUT2D eigenvalue weighted by molar-refractivity contribution is 7.99. The predicted molar refractivity (Wildman–Crippen MR) is 199 cm³/mol. The molecule has 1 aliphatic heterocycles. The molecule has 6 N–H and O–H groups in total. The van der Waals surface area contributed by atoms with Crippen molar-refractivity contribution in [3.05, 3.63) is 96.4 Å². The Bertz CT molecular complexity index is 1840. The van der Waals surface area contributed by atoms with Crippen molar-refractivity contribution < 1.29 is 24.3 Å². The van der Waals surface area contributed by atoms with Crippen LogP contribution >= 0.6 is 11.8 Å². The van der Waals surface area contributed by atoms with Crippen molar-refractivity contribution in [3.8, 4) is 0 Å². The van der Waals surface area contributed by atoms with Gasteiger partial charge in [0.15, 0.2) is 5.16 Å². The Kier molecular flexibility index (Phi) is 12.9. The fourth-order valence-corrected chi connectivity index (χ4v) is 7.21. The number of rotatable bonds is 14. The van der Waals surface area contributed by atoms with Crippen LogP contribution < -0.4 is 21.7 Å². The second kappa shape index (κ2) is 17.5. The summed E-state index contributed by atoms with van der Waals surface area (Å²) in [5, 5.41) is 22.0. The highest BCUT2D eigenvalue weighted by Gasteiger charge is 2.38. The van der Waals surface area contributed by atoms with Crippen LogP contribution in [-0.2, 0) is 20.8 Å². The molecule has 0 bridgehead atoms. The molecule has 2 aromatic carbocycles. The number of primary amides is 1. The van der Waals surface area contributed by atoms with E-state index in [-0.39, 0.29) is 29.8 Å². The van der Waals surface area contributed by atoms with E-state index in [2.05, 4.69) is 30.9 Å². The molecule has 274 valence electrons. The van der Waals surface area contributed by atoms with E-state index in [1.165, 1.54) is 11.8 Å². The first-order chi connectivity index (χ1) is 24.8. The Morgan fingerprint density at radius 1 is 0.962 bits per heavy atom. The Balaban J connectivity index is 1.34. The summed E-state index contributed by atoms with van der Waals surface area (Å²) in [5.74, 6) is -2.29. The molecule has 4 amide bonds. The van der Waals surface area contributed by atoms with Crippen molar-refractivity contribution in [1.29, 1.82) is 0 Å². The first kappa shape index (κ1) is 38.3. The fourth-order valence-electron chi connectivity index (χ4n) is 6.17. The number of aliphatic hydroxyl groups is 1. The maximum absolute atomic E-state index is 13.8. The predicted octanol–water partition coefficient (Wildman–Crippen LogP) is 2.63. The van der Waals surface area contributed by atoms with Gasteiger partial charge in [0.25, 0.3) is 5.91 Å². The van der Waals surface area contributed by atoms with Gasteiger partial charge < -0.3 is 26.8 Å². The van der Waals surface area contributed by atoms with Crippen LogP contribution in [0.5, 0.6) is 0 Å². The molecular formula is C38H46N8O5S. The number of likely N-dealkylation sites (tertiary alicyclic amines) is 1. The number of fused-ring (bicyclic) bond motifs is 1. The Morgan fingerprint density at radius 3 is 2.38 bits per heavy atom.